The lowest BCUT2D eigenvalue weighted by atomic mass is 9.98. The number of rotatable bonds is 4. The molecule has 23 heavy (non-hydrogen) atoms. The van der Waals surface area contributed by atoms with Gasteiger partial charge in [0.15, 0.2) is 0 Å². The van der Waals surface area contributed by atoms with E-state index in [2.05, 4.69) is 55.6 Å². The molecule has 1 amide bonds. The number of alkyl carbamates (subject to hydrolysis) is 1. The van der Waals surface area contributed by atoms with Gasteiger partial charge < -0.3 is 10.1 Å². The minimum absolute atomic E-state index is 0.102. The minimum atomic E-state index is -0.340. The average Bonchev–Trinajstić information content (AvgIpc) is 2.87. The molecule has 1 aliphatic carbocycles. The Balaban J connectivity index is 1.75. The highest BCUT2D eigenvalue weighted by molar-refractivity contribution is 5.79. The normalized spacial score (nSPS) is 14.3. The van der Waals surface area contributed by atoms with Crippen LogP contribution < -0.4 is 5.32 Å². The molecule has 120 valence electrons. The summed E-state index contributed by atoms with van der Waals surface area (Å²) in [6.07, 6.45) is -0.340. The van der Waals surface area contributed by atoms with Crippen LogP contribution in [-0.4, -0.2) is 18.7 Å². The first kappa shape index (κ1) is 15.6. The lowest BCUT2D eigenvalue weighted by Gasteiger charge is -2.19. The standard InChI is InChI=1S/C20H23NO2/c1-13(2)14(3)21-20(22)23-12-19-17-10-6-4-8-15(17)16-9-5-7-11-18(16)19/h4-11,13-14,19H,12H2,1-3H3,(H,21,22)/t14-/m0/s1. The van der Waals surface area contributed by atoms with Crippen LogP contribution in [0.1, 0.15) is 37.8 Å². The molecule has 0 radical (unpaired) electrons. The van der Waals surface area contributed by atoms with Gasteiger partial charge in [-0.3, -0.25) is 0 Å². The molecule has 2 aromatic carbocycles. The fourth-order valence-electron chi connectivity index (χ4n) is 2.99. The SMILES string of the molecule is CC(C)[C@H](C)NC(=O)OCC1c2ccccc2-c2ccccc21. The summed E-state index contributed by atoms with van der Waals surface area (Å²) < 4.78 is 5.51. The molecular formula is C20H23NO2. The third-order valence-corrected chi connectivity index (χ3v) is 4.69. The first-order valence-electron chi connectivity index (χ1n) is 8.19. The van der Waals surface area contributed by atoms with E-state index in [1.54, 1.807) is 0 Å². The van der Waals surface area contributed by atoms with Gasteiger partial charge in [0, 0.05) is 12.0 Å². The van der Waals surface area contributed by atoms with Crippen LogP contribution in [0.4, 0.5) is 4.79 Å². The van der Waals surface area contributed by atoms with Crippen LogP contribution in [0, 0.1) is 5.92 Å². The van der Waals surface area contributed by atoms with Crippen molar-refractivity contribution >= 4 is 6.09 Å². The van der Waals surface area contributed by atoms with Crippen molar-refractivity contribution in [2.45, 2.75) is 32.7 Å². The van der Waals surface area contributed by atoms with E-state index in [1.807, 2.05) is 19.1 Å². The molecular weight excluding hydrogens is 286 g/mol. The number of carbonyl (C=O) groups is 1. The molecule has 0 saturated heterocycles. The molecule has 3 heteroatoms. The van der Waals surface area contributed by atoms with Gasteiger partial charge in [-0.05, 0) is 35.1 Å². The van der Waals surface area contributed by atoms with E-state index in [0.29, 0.717) is 12.5 Å². The quantitative estimate of drug-likeness (QED) is 0.898. The number of carbonyl (C=O) groups excluding carboxylic acids is 1. The topological polar surface area (TPSA) is 38.3 Å². The monoisotopic (exact) mass is 309 g/mol. The summed E-state index contributed by atoms with van der Waals surface area (Å²) in [5.41, 5.74) is 4.96. The summed E-state index contributed by atoms with van der Waals surface area (Å²) >= 11 is 0. The molecule has 0 heterocycles. The molecule has 0 fully saturated rings. The molecule has 2 aromatic rings. The summed E-state index contributed by atoms with van der Waals surface area (Å²) in [4.78, 5) is 12.0. The maximum atomic E-state index is 12.0. The summed E-state index contributed by atoms with van der Waals surface area (Å²) in [5.74, 6) is 0.498. The van der Waals surface area contributed by atoms with Crippen molar-refractivity contribution in [1.82, 2.24) is 5.32 Å². The summed E-state index contributed by atoms with van der Waals surface area (Å²) in [6.45, 7) is 6.51. The van der Waals surface area contributed by atoms with Gasteiger partial charge in [-0.1, -0.05) is 62.4 Å². The molecule has 0 aliphatic heterocycles. The predicted molar refractivity (Wildman–Crippen MR) is 92.5 cm³/mol. The zero-order valence-electron chi connectivity index (χ0n) is 13.9. The van der Waals surface area contributed by atoms with E-state index in [0.717, 1.165) is 0 Å². The number of nitrogens with one attached hydrogen (secondary N) is 1. The number of benzene rings is 2. The number of ether oxygens (including phenoxy) is 1. The highest BCUT2D eigenvalue weighted by atomic mass is 16.5. The smallest absolute Gasteiger partial charge is 0.407 e. The van der Waals surface area contributed by atoms with Crippen molar-refractivity contribution in [1.29, 1.82) is 0 Å². The molecule has 0 spiro atoms. The average molecular weight is 309 g/mol. The number of hydrogen-bond acceptors (Lipinski definition) is 2. The van der Waals surface area contributed by atoms with Gasteiger partial charge in [0.1, 0.15) is 6.61 Å². The molecule has 0 unspecified atom stereocenters. The highest BCUT2D eigenvalue weighted by Crippen LogP contribution is 2.44. The van der Waals surface area contributed by atoms with Crippen LogP contribution in [0.5, 0.6) is 0 Å². The molecule has 1 N–H and O–H groups in total. The van der Waals surface area contributed by atoms with Gasteiger partial charge in [-0.15, -0.1) is 0 Å². The van der Waals surface area contributed by atoms with Crippen LogP contribution in [0.2, 0.25) is 0 Å². The molecule has 0 bridgehead atoms. The first-order chi connectivity index (χ1) is 11.1. The van der Waals surface area contributed by atoms with Crippen LogP contribution in [0.25, 0.3) is 11.1 Å². The van der Waals surface area contributed by atoms with Gasteiger partial charge in [0.25, 0.3) is 0 Å². The lowest BCUT2D eigenvalue weighted by molar-refractivity contribution is 0.137. The van der Waals surface area contributed by atoms with Crippen molar-refractivity contribution in [3.8, 4) is 11.1 Å². The Hall–Kier alpha value is -2.29. The molecule has 3 nitrogen and oxygen atoms in total. The van der Waals surface area contributed by atoms with E-state index >= 15 is 0 Å². The first-order valence-corrected chi connectivity index (χ1v) is 8.19. The van der Waals surface area contributed by atoms with Gasteiger partial charge in [-0.2, -0.15) is 0 Å². The number of amides is 1. The van der Waals surface area contributed by atoms with E-state index in [4.69, 9.17) is 4.74 Å². The zero-order valence-corrected chi connectivity index (χ0v) is 13.9. The fraction of sp³-hybridized carbons (Fsp3) is 0.350. The van der Waals surface area contributed by atoms with Gasteiger partial charge in [0.05, 0.1) is 0 Å². The van der Waals surface area contributed by atoms with Crippen LogP contribution in [0.3, 0.4) is 0 Å². The Morgan fingerprint density at radius 2 is 1.52 bits per heavy atom. The van der Waals surface area contributed by atoms with Crippen molar-refractivity contribution in [3.63, 3.8) is 0 Å². The zero-order chi connectivity index (χ0) is 16.4. The largest absolute Gasteiger partial charge is 0.449 e. The molecule has 1 atom stereocenters. The Bertz CT molecular complexity index is 663. The molecule has 0 saturated carbocycles. The van der Waals surface area contributed by atoms with Crippen LogP contribution in [-0.2, 0) is 4.74 Å². The van der Waals surface area contributed by atoms with E-state index < -0.39 is 0 Å². The van der Waals surface area contributed by atoms with Crippen molar-refractivity contribution < 1.29 is 9.53 Å². The Morgan fingerprint density at radius 1 is 1.00 bits per heavy atom. The van der Waals surface area contributed by atoms with Crippen LogP contribution in [0.15, 0.2) is 48.5 Å². The minimum Gasteiger partial charge on any atom is -0.449 e. The van der Waals surface area contributed by atoms with E-state index in [-0.39, 0.29) is 18.1 Å². The third kappa shape index (κ3) is 3.09. The number of hydrogen-bond donors (Lipinski definition) is 1. The second-order valence-corrected chi connectivity index (χ2v) is 6.50. The fourth-order valence-corrected chi connectivity index (χ4v) is 2.99. The van der Waals surface area contributed by atoms with E-state index in [9.17, 15) is 4.79 Å². The van der Waals surface area contributed by atoms with Crippen molar-refractivity contribution in [2.24, 2.45) is 5.92 Å². The Morgan fingerprint density at radius 3 is 2.04 bits per heavy atom. The number of fused-ring (bicyclic) bond motifs is 3. The molecule has 1 aliphatic rings. The van der Waals surface area contributed by atoms with Gasteiger partial charge >= 0.3 is 6.09 Å². The summed E-state index contributed by atoms with van der Waals surface area (Å²) in [5, 5.41) is 2.89. The van der Waals surface area contributed by atoms with Crippen LogP contribution >= 0.6 is 0 Å². The van der Waals surface area contributed by atoms with Crippen molar-refractivity contribution in [3.05, 3.63) is 59.7 Å². The third-order valence-electron chi connectivity index (χ3n) is 4.69. The second kappa shape index (κ2) is 6.45. The lowest BCUT2D eigenvalue weighted by Crippen LogP contribution is -2.37. The highest BCUT2D eigenvalue weighted by Gasteiger charge is 2.29. The van der Waals surface area contributed by atoms with Gasteiger partial charge in [-0.25, -0.2) is 4.79 Å². The second-order valence-electron chi connectivity index (χ2n) is 6.50. The molecule has 3 rings (SSSR count). The Kier molecular flexibility index (Phi) is 4.37. The predicted octanol–water partition coefficient (Wildman–Crippen LogP) is 4.57. The summed E-state index contributed by atoms with van der Waals surface area (Å²) in [6, 6.07) is 16.8. The summed E-state index contributed by atoms with van der Waals surface area (Å²) in [7, 11) is 0. The molecule has 0 aromatic heterocycles. The van der Waals surface area contributed by atoms with E-state index in [1.165, 1.54) is 22.3 Å². The van der Waals surface area contributed by atoms with Crippen molar-refractivity contribution in [2.75, 3.05) is 6.61 Å². The maximum Gasteiger partial charge on any atom is 0.407 e. The maximum absolute atomic E-state index is 12.0. The Labute approximate surface area is 137 Å². The van der Waals surface area contributed by atoms with Gasteiger partial charge in [0.2, 0.25) is 0 Å².